The van der Waals surface area contributed by atoms with Gasteiger partial charge in [-0.2, -0.15) is 0 Å². The highest BCUT2D eigenvalue weighted by Gasteiger charge is 2.20. The van der Waals surface area contributed by atoms with E-state index in [1.807, 2.05) is 13.1 Å². The van der Waals surface area contributed by atoms with Crippen molar-refractivity contribution in [3.63, 3.8) is 0 Å². The number of hydrogen-bond acceptors (Lipinski definition) is 2. The Morgan fingerprint density at radius 2 is 2.29 bits per heavy atom. The Morgan fingerprint density at radius 3 is 3.00 bits per heavy atom. The lowest BCUT2D eigenvalue weighted by molar-refractivity contribution is 0.320. The van der Waals surface area contributed by atoms with Crippen LogP contribution in [-0.4, -0.2) is 14.5 Å². The van der Waals surface area contributed by atoms with Crippen molar-refractivity contribution in [3.8, 4) is 0 Å². The van der Waals surface area contributed by atoms with Crippen LogP contribution in [0.15, 0.2) is 18.5 Å². The van der Waals surface area contributed by atoms with E-state index in [2.05, 4.69) is 26.8 Å². The Bertz CT molecular complexity index is 468. The SMILES string of the molecule is Cc1ncc2ccn(C3CCC3)c2n1. The first kappa shape index (κ1) is 7.97. The Hall–Kier alpha value is -1.38. The summed E-state index contributed by atoms with van der Waals surface area (Å²) in [5.41, 5.74) is 1.10. The van der Waals surface area contributed by atoms with Crippen LogP contribution in [0.1, 0.15) is 31.1 Å². The third-order valence-electron chi connectivity index (χ3n) is 3.04. The van der Waals surface area contributed by atoms with Crippen molar-refractivity contribution in [3.05, 3.63) is 24.3 Å². The first-order valence-corrected chi connectivity index (χ1v) is 5.15. The zero-order chi connectivity index (χ0) is 9.54. The molecule has 0 N–H and O–H groups in total. The van der Waals surface area contributed by atoms with Gasteiger partial charge in [0, 0.05) is 23.8 Å². The van der Waals surface area contributed by atoms with Crippen molar-refractivity contribution in [1.82, 2.24) is 14.5 Å². The molecule has 3 nitrogen and oxygen atoms in total. The first-order valence-electron chi connectivity index (χ1n) is 5.15. The molecule has 0 aliphatic heterocycles. The van der Waals surface area contributed by atoms with Crippen molar-refractivity contribution in [1.29, 1.82) is 0 Å². The monoisotopic (exact) mass is 187 g/mol. The Labute approximate surface area is 82.8 Å². The maximum Gasteiger partial charge on any atom is 0.143 e. The molecule has 2 aromatic rings. The van der Waals surface area contributed by atoms with Gasteiger partial charge in [0.2, 0.25) is 0 Å². The molecule has 1 saturated carbocycles. The van der Waals surface area contributed by atoms with Gasteiger partial charge in [0.15, 0.2) is 0 Å². The maximum atomic E-state index is 4.49. The van der Waals surface area contributed by atoms with Gasteiger partial charge < -0.3 is 4.57 Å². The molecule has 0 unspecified atom stereocenters. The average Bonchev–Trinajstić information content (AvgIpc) is 2.46. The fourth-order valence-corrected chi connectivity index (χ4v) is 1.98. The van der Waals surface area contributed by atoms with E-state index < -0.39 is 0 Å². The molecule has 2 heterocycles. The zero-order valence-electron chi connectivity index (χ0n) is 8.27. The average molecular weight is 187 g/mol. The molecule has 14 heavy (non-hydrogen) atoms. The molecule has 0 radical (unpaired) electrons. The summed E-state index contributed by atoms with van der Waals surface area (Å²) in [4.78, 5) is 8.69. The second-order valence-electron chi connectivity index (χ2n) is 4.00. The molecule has 2 aromatic heterocycles. The van der Waals surface area contributed by atoms with E-state index in [4.69, 9.17) is 0 Å². The summed E-state index contributed by atoms with van der Waals surface area (Å²) in [6, 6.07) is 2.79. The van der Waals surface area contributed by atoms with E-state index in [1.54, 1.807) is 0 Å². The van der Waals surface area contributed by atoms with Gasteiger partial charge in [-0.25, -0.2) is 9.97 Å². The molecule has 0 saturated heterocycles. The van der Waals surface area contributed by atoms with Gasteiger partial charge in [0.25, 0.3) is 0 Å². The highest BCUT2D eigenvalue weighted by molar-refractivity contribution is 5.75. The molecule has 1 fully saturated rings. The Morgan fingerprint density at radius 1 is 1.43 bits per heavy atom. The summed E-state index contributed by atoms with van der Waals surface area (Å²) in [5.74, 6) is 0.858. The number of fused-ring (bicyclic) bond motifs is 1. The summed E-state index contributed by atoms with van der Waals surface area (Å²) < 4.78 is 2.30. The van der Waals surface area contributed by atoms with E-state index in [1.165, 1.54) is 19.3 Å². The van der Waals surface area contributed by atoms with E-state index in [9.17, 15) is 0 Å². The van der Waals surface area contributed by atoms with Gasteiger partial charge in [-0.1, -0.05) is 0 Å². The minimum absolute atomic E-state index is 0.682. The lowest BCUT2D eigenvalue weighted by Gasteiger charge is -2.27. The second kappa shape index (κ2) is 2.80. The standard InChI is InChI=1S/C11H13N3/c1-8-12-7-9-5-6-14(11(9)13-8)10-3-2-4-10/h5-7,10H,2-4H2,1H3. The second-order valence-corrected chi connectivity index (χ2v) is 4.00. The van der Waals surface area contributed by atoms with Crippen LogP contribution in [0.2, 0.25) is 0 Å². The molecule has 1 aliphatic carbocycles. The Balaban J connectivity index is 2.18. The number of aromatic nitrogens is 3. The predicted octanol–water partition coefficient (Wildman–Crippen LogP) is 2.46. The topological polar surface area (TPSA) is 30.7 Å². The van der Waals surface area contributed by atoms with Crippen LogP contribution in [0.3, 0.4) is 0 Å². The number of aryl methyl sites for hydroxylation is 1. The van der Waals surface area contributed by atoms with Crippen LogP contribution in [0.4, 0.5) is 0 Å². The quantitative estimate of drug-likeness (QED) is 0.686. The molecule has 3 heteroatoms. The number of rotatable bonds is 1. The van der Waals surface area contributed by atoms with Crippen LogP contribution >= 0.6 is 0 Å². The van der Waals surface area contributed by atoms with Crippen LogP contribution < -0.4 is 0 Å². The minimum Gasteiger partial charge on any atom is -0.329 e. The zero-order valence-corrected chi connectivity index (χ0v) is 8.27. The minimum atomic E-state index is 0.682. The first-order chi connectivity index (χ1) is 6.84. The molecular formula is C11H13N3. The lowest BCUT2D eigenvalue weighted by Crippen LogP contribution is -2.16. The van der Waals surface area contributed by atoms with Crippen molar-refractivity contribution in [2.24, 2.45) is 0 Å². The van der Waals surface area contributed by atoms with Gasteiger partial charge in [-0.3, -0.25) is 0 Å². The smallest absolute Gasteiger partial charge is 0.143 e. The largest absolute Gasteiger partial charge is 0.329 e. The summed E-state index contributed by atoms with van der Waals surface area (Å²) in [6.45, 7) is 1.94. The van der Waals surface area contributed by atoms with Gasteiger partial charge in [-0.15, -0.1) is 0 Å². The lowest BCUT2D eigenvalue weighted by atomic mass is 9.93. The predicted molar refractivity (Wildman–Crippen MR) is 55.2 cm³/mol. The van der Waals surface area contributed by atoms with Gasteiger partial charge in [0.05, 0.1) is 0 Å². The van der Waals surface area contributed by atoms with Crippen molar-refractivity contribution >= 4 is 11.0 Å². The highest BCUT2D eigenvalue weighted by atomic mass is 15.1. The molecule has 0 amide bonds. The fourth-order valence-electron chi connectivity index (χ4n) is 1.98. The number of hydrogen-bond donors (Lipinski definition) is 0. The Kier molecular flexibility index (Phi) is 1.60. The van der Waals surface area contributed by atoms with Crippen LogP contribution in [0.25, 0.3) is 11.0 Å². The van der Waals surface area contributed by atoms with E-state index in [0.717, 1.165) is 16.9 Å². The van der Waals surface area contributed by atoms with Crippen molar-refractivity contribution < 1.29 is 0 Å². The van der Waals surface area contributed by atoms with Crippen molar-refractivity contribution in [2.45, 2.75) is 32.2 Å². The molecule has 1 aliphatic rings. The summed E-state index contributed by atoms with van der Waals surface area (Å²) in [6.07, 6.45) is 8.00. The van der Waals surface area contributed by atoms with E-state index in [-0.39, 0.29) is 0 Å². The maximum absolute atomic E-state index is 4.49. The molecule has 0 atom stereocenters. The molecule has 72 valence electrons. The van der Waals surface area contributed by atoms with Gasteiger partial charge in [-0.05, 0) is 32.3 Å². The van der Waals surface area contributed by atoms with E-state index >= 15 is 0 Å². The van der Waals surface area contributed by atoms with Crippen LogP contribution in [0.5, 0.6) is 0 Å². The highest BCUT2D eigenvalue weighted by Crippen LogP contribution is 2.33. The normalized spacial score (nSPS) is 17.2. The molecular weight excluding hydrogens is 174 g/mol. The van der Waals surface area contributed by atoms with Crippen molar-refractivity contribution in [2.75, 3.05) is 0 Å². The third kappa shape index (κ3) is 1.05. The van der Waals surface area contributed by atoms with Gasteiger partial charge in [0.1, 0.15) is 11.5 Å². The molecule has 0 spiro atoms. The fraction of sp³-hybridized carbons (Fsp3) is 0.455. The van der Waals surface area contributed by atoms with Crippen LogP contribution in [-0.2, 0) is 0 Å². The molecule has 0 aromatic carbocycles. The van der Waals surface area contributed by atoms with Gasteiger partial charge >= 0.3 is 0 Å². The molecule has 0 bridgehead atoms. The van der Waals surface area contributed by atoms with E-state index in [0.29, 0.717) is 6.04 Å². The summed E-state index contributed by atoms with van der Waals surface area (Å²) >= 11 is 0. The number of nitrogens with zero attached hydrogens (tertiary/aromatic N) is 3. The molecule has 3 rings (SSSR count). The summed E-state index contributed by atoms with van der Waals surface area (Å²) in [7, 11) is 0. The van der Waals surface area contributed by atoms with Crippen LogP contribution in [0, 0.1) is 6.92 Å². The third-order valence-corrected chi connectivity index (χ3v) is 3.04. The summed E-state index contributed by atoms with van der Waals surface area (Å²) in [5, 5.41) is 1.16.